The first-order chi connectivity index (χ1) is 9.35. The van der Waals surface area contributed by atoms with Crippen molar-refractivity contribution in [3.63, 3.8) is 0 Å². The predicted molar refractivity (Wildman–Crippen MR) is 73.7 cm³/mol. The zero-order valence-electron chi connectivity index (χ0n) is 11.6. The van der Waals surface area contributed by atoms with Gasteiger partial charge in [0.1, 0.15) is 0 Å². The van der Waals surface area contributed by atoms with Gasteiger partial charge in [-0.25, -0.2) is 4.98 Å². The monoisotopic (exact) mass is 266 g/mol. The van der Waals surface area contributed by atoms with Crippen LogP contribution in [0.2, 0.25) is 0 Å². The van der Waals surface area contributed by atoms with E-state index in [-0.39, 0.29) is 6.04 Å². The van der Waals surface area contributed by atoms with E-state index in [1.165, 1.54) is 0 Å². The molecule has 106 valence electrons. The molecule has 2 rings (SSSR count). The van der Waals surface area contributed by atoms with E-state index in [1.807, 2.05) is 6.92 Å². The van der Waals surface area contributed by atoms with Crippen LogP contribution in [-0.4, -0.2) is 55.5 Å². The van der Waals surface area contributed by atoms with Gasteiger partial charge in [0.2, 0.25) is 11.8 Å². The molecule has 0 aromatic carbocycles. The summed E-state index contributed by atoms with van der Waals surface area (Å²) in [5.74, 6) is 1.35. The molecular formula is C13H22N4O2. The van der Waals surface area contributed by atoms with Crippen LogP contribution in [0.25, 0.3) is 0 Å². The summed E-state index contributed by atoms with van der Waals surface area (Å²) in [6, 6.07) is 2.05. The van der Waals surface area contributed by atoms with Crippen LogP contribution < -0.4 is 15.0 Å². The van der Waals surface area contributed by atoms with Gasteiger partial charge in [0.15, 0.2) is 0 Å². The Kier molecular flexibility index (Phi) is 5.35. The van der Waals surface area contributed by atoms with Gasteiger partial charge >= 0.3 is 0 Å². The van der Waals surface area contributed by atoms with Crippen molar-refractivity contribution in [2.24, 2.45) is 0 Å². The molecule has 1 N–H and O–H groups in total. The van der Waals surface area contributed by atoms with E-state index in [0.717, 1.165) is 25.6 Å². The summed E-state index contributed by atoms with van der Waals surface area (Å²) in [7, 11) is 0. The number of ether oxygens (including phenoxy) is 2. The van der Waals surface area contributed by atoms with Crippen molar-refractivity contribution in [2.45, 2.75) is 19.9 Å². The van der Waals surface area contributed by atoms with Crippen LogP contribution in [0.1, 0.15) is 13.8 Å². The fourth-order valence-corrected chi connectivity index (χ4v) is 2.10. The smallest absolute Gasteiger partial charge is 0.229 e. The van der Waals surface area contributed by atoms with E-state index in [9.17, 15) is 0 Å². The number of nitrogens with zero attached hydrogens (tertiary/aromatic N) is 3. The molecule has 0 bridgehead atoms. The summed E-state index contributed by atoms with van der Waals surface area (Å²) in [5.41, 5.74) is 0. The number of hydrogen-bond acceptors (Lipinski definition) is 6. The van der Waals surface area contributed by atoms with Gasteiger partial charge < -0.3 is 19.7 Å². The zero-order chi connectivity index (χ0) is 13.5. The van der Waals surface area contributed by atoms with Gasteiger partial charge in [0.05, 0.1) is 25.9 Å². The average Bonchev–Trinajstić information content (AvgIpc) is 2.46. The van der Waals surface area contributed by atoms with E-state index in [1.54, 1.807) is 12.3 Å². The Bertz CT molecular complexity index is 389. The van der Waals surface area contributed by atoms with E-state index < -0.39 is 0 Å². The maximum Gasteiger partial charge on any atom is 0.229 e. The van der Waals surface area contributed by atoms with Crippen molar-refractivity contribution in [2.75, 3.05) is 44.4 Å². The van der Waals surface area contributed by atoms with E-state index in [0.29, 0.717) is 25.7 Å². The van der Waals surface area contributed by atoms with Crippen LogP contribution in [0.3, 0.4) is 0 Å². The molecule has 1 aromatic rings. The number of likely N-dealkylation sites (N-methyl/N-ethyl adjacent to an activating group) is 1. The van der Waals surface area contributed by atoms with E-state index in [4.69, 9.17) is 9.47 Å². The van der Waals surface area contributed by atoms with Gasteiger partial charge in [-0.15, -0.1) is 0 Å². The largest absolute Gasteiger partial charge is 0.478 e. The molecule has 0 aliphatic carbocycles. The van der Waals surface area contributed by atoms with Gasteiger partial charge in [0, 0.05) is 25.4 Å². The Morgan fingerprint density at radius 2 is 2.42 bits per heavy atom. The third-order valence-electron chi connectivity index (χ3n) is 3.02. The Morgan fingerprint density at radius 3 is 3.21 bits per heavy atom. The number of nitrogens with one attached hydrogen (secondary N) is 1. The molecule has 0 radical (unpaired) electrons. The molecule has 6 heteroatoms. The summed E-state index contributed by atoms with van der Waals surface area (Å²) in [6.45, 7) is 8.71. The average molecular weight is 266 g/mol. The molecule has 1 unspecified atom stereocenters. The van der Waals surface area contributed by atoms with E-state index >= 15 is 0 Å². The lowest BCUT2D eigenvalue weighted by Crippen LogP contribution is -2.51. The van der Waals surface area contributed by atoms with Gasteiger partial charge in [-0.2, -0.15) is 4.98 Å². The highest BCUT2D eigenvalue weighted by Gasteiger charge is 2.25. The standard InChI is InChI=1S/C13H22N4O2/c1-3-14-9-11-10-18-8-7-17(11)13-15-6-5-12(16-13)19-4-2/h5-6,11,14H,3-4,7-10H2,1-2H3. The van der Waals surface area contributed by atoms with Crippen molar-refractivity contribution in [1.29, 1.82) is 0 Å². The highest BCUT2D eigenvalue weighted by molar-refractivity contribution is 5.34. The number of morpholine rings is 1. The van der Waals surface area contributed by atoms with Gasteiger partial charge in [0.25, 0.3) is 0 Å². The molecule has 1 aromatic heterocycles. The fourth-order valence-electron chi connectivity index (χ4n) is 2.10. The van der Waals surface area contributed by atoms with E-state index in [2.05, 4.69) is 27.1 Å². The quantitative estimate of drug-likeness (QED) is 0.817. The van der Waals surface area contributed by atoms with Gasteiger partial charge in [-0.05, 0) is 13.5 Å². The lowest BCUT2D eigenvalue weighted by molar-refractivity contribution is 0.0929. The first-order valence-corrected chi connectivity index (χ1v) is 6.86. The van der Waals surface area contributed by atoms with Crippen molar-refractivity contribution in [1.82, 2.24) is 15.3 Å². The highest BCUT2D eigenvalue weighted by Crippen LogP contribution is 2.17. The minimum absolute atomic E-state index is 0.269. The number of rotatable bonds is 6. The summed E-state index contributed by atoms with van der Waals surface area (Å²) in [6.07, 6.45) is 1.74. The third kappa shape index (κ3) is 3.78. The maximum absolute atomic E-state index is 5.54. The van der Waals surface area contributed by atoms with Crippen LogP contribution in [0.5, 0.6) is 5.88 Å². The molecule has 1 aliphatic heterocycles. The summed E-state index contributed by atoms with van der Waals surface area (Å²) >= 11 is 0. The second-order valence-electron chi connectivity index (χ2n) is 4.36. The SMILES string of the molecule is CCNCC1COCCN1c1nccc(OCC)n1. The van der Waals surface area contributed by atoms with Crippen LogP contribution in [0, 0.1) is 0 Å². The molecular weight excluding hydrogens is 244 g/mol. The highest BCUT2D eigenvalue weighted by atomic mass is 16.5. The molecule has 0 amide bonds. The second kappa shape index (κ2) is 7.25. The fraction of sp³-hybridized carbons (Fsp3) is 0.692. The van der Waals surface area contributed by atoms with Crippen LogP contribution in [-0.2, 0) is 4.74 Å². The van der Waals surface area contributed by atoms with Crippen molar-refractivity contribution in [3.05, 3.63) is 12.3 Å². The molecule has 1 fully saturated rings. The molecule has 2 heterocycles. The number of hydrogen-bond donors (Lipinski definition) is 1. The zero-order valence-corrected chi connectivity index (χ0v) is 11.6. The molecule has 0 saturated carbocycles. The van der Waals surface area contributed by atoms with Gasteiger partial charge in [-0.3, -0.25) is 0 Å². The lowest BCUT2D eigenvalue weighted by atomic mass is 10.2. The molecule has 19 heavy (non-hydrogen) atoms. The first-order valence-electron chi connectivity index (χ1n) is 6.86. The number of anilines is 1. The normalized spacial score (nSPS) is 19.5. The summed E-state index contributed by atoms with van der Waals surface area (Å²) < 4.78 is 11.0. The van der Waals surface area contributed by atoms with Crippen LogP contribution in [0.4, 0.5) is 5.95 Å². The lowest BCUT2D eigenvalue weighted by Gasteiger charge is -2.35. The minimum Gasteiger partial charge on any atom is -0.478 e. The topological polar surface area (TPSA) is 59.5 Å². The maximum atomic E-state index is 5.54. The van der Waals surface area contributed by atoms with Crippen molar-refractivity contribution in [3.8, 4) is 5.88 Å². The number of aromatic nitrogens is 2. The minimum atomic E-state index is 0.269. The Labute approximate surface area is 114 Å². The Hall–Kier alpha value is -1.40. The Balaban J connectivity index is 2.09. The third-order valence-corrected chi connectivity index (χ3v) is 3.02. The van der Waals surface area contributed by atoms with Crippen molar-refractivity contribution < 1.29 is 9.47 Å². The molecule has 6 nitrogen and oxygen atoms in total. The summed E-state index contributed by atoms with van der Waals surface area (Å²) in [5, 5.41) is 3.35. The summed E-state index contributed by atoms with van der Waals surface area (Å²) in [4.78, 5) is 11.0. The predicted octanol–water partition coefficient (Wildman–Crippen LogP) is 0.690. The van der Waals surface area contributed by atoms with Crippen LogP contribution in [0.15, 0.2) is 12.3 Å². The molecule has 1 aliphatic rings. The molecule has 1 atom stereocenters. The molecule has 1 saturated heterocycles. The van der Waals surface area contributed by atoms with Crippen LogP contribution >= 0.6 is 0 Å². The first kappa shape index (κ1) is 14.0. The molecule has 0 spiro atoms. The second-order valence-corrected chi connectivity index (χ2v) is 4.36. The Morgan fingerprint density at radius 1 is 1.53 bits per heavy atom. The van der Waals surface area contributed by atoms with Gasteiger partial charge in [-0.1, -0.05) is 6.92 Å². The van der Waals surface area contributed by atoms with Crippen molar-refractivity contribution >= 4 is 5.95 Å².